The van der Waals surface area contributed by atoms with Gasteiger partial charge >= 0.3 is 6.03 Å². The van der Waals surface area contributed by atoms with Gasteiger partial charge in [-0.15, -0.1) is 0 Å². The summed E-state index contributed by atoms with van der Waals surface area (Å²) < 4.78 is 5.78. The molecule has 1 atom stereocenters. The molecule has 1 aromatic carbocycles. The zero-order valence-electron chi connectivity index (χ0n) is 14.0. The molecule has 3 amide bonds. The molecule has 24 heavy (non-hydrogen) atoms. The van der Waals surface area contributed by atoms with Crippen LogP contribution in [-0.2, 0) is 11.2 Å². The molecule has 128 valence electrons. The molecule has 0 bridgehead atoms. The van der Waals surface area contributed by atoms with E-state index in [0.29, 0.717) is 26.1 Å². The van der Waals surface area contributed by atoms with Crippen molar-refractivity contribution in [2.45, 2.75) is 38.3 Å². The monoisotopic (exact) mass is 329 g/mol. The number of nitrogens with one attached hydrogen (secondary N) is 1. The molecule has 4 rings (SSSR count). The molecule has 6 heteroatoms. The van der Waals surface area contributed by atoms with Crippen LogP contribution in [0.25, 0.3) is 0 Å². The van der Waals surface area contributed by atoms with Crippen molar-refractivity contribution < 1.29 is 14.3 Å². The summed E-state index contributed by atoms with van der Waals surface area (Å²) in [5.74, 6) is 1.16. The van der Waals surface area contributed by atoms with E-state index in [0.717, 1.165) is 25.1 Å². The summed E-state index contributed by atoms with van der Waals surface area (Å²) in [5, 5.41) is 3.07. The summed E-state index contributed by atoms with van der Waals surface area (Å²) in [5.41, 5.74) is 2.38. The van der Waals surface area contributed by atoms with Crippen molar-refractivity contribution in [1.82, 2.24) is 15.1 Å². The second kappa shape index (κ2) is 6.00. The second-order valence-corrected chi connectivity index (χ2v) is 6.96. The highest BCUT2D eigenvalue weighted by molar-refractivity contribution is 5.80. The van der Waals surface area contributed by atoms with E-state index in [9.17, 15) is 9.59 Å². The Bertz CT molecular complexity index is 669. The molecule has 1 N–H and O–H groups in total. The van der Waals surface area contributed by atoms with Crippen LogP contribution in [0.4, 0.5) is 4.79 Å². The van der Waals surface area contributed by atoms with Crippen molar-refractivity contribution in [1.29, 1.82) is 0 Å². The number of urea groups is 1. The minimum atomic E-state index is -0.0523. The largest absolute Gasteiger partial charge is 0.491 e. The van der Waals surface area contributed by atoms with Gasteiger partial charge in [0.05, 0.1) is 12.1 Å². The SMILES string of the molecule is Cc1cccc2c1CC(NC(=O)N1CC(N3CCCC3=O)C1)CO2. The number of amides is 3. The van der Waals surface area contributed by atoms with Gasteiger partial charge in [-0.25, -0.2) is 4.79 Å². The van der Waals surface area contributed by atoms with Crippen LogP contribution in [0.5, 0.6) is 5.75 Å². The molecule has 3 heterocycles. The van der Waals surface area contributed by atoms with Gasteiger partial charge in [0.1, 0.15) is 12.4 Å². The maximum Gasteiger partial charge on any atom is 0.317 e. The first-order valence-corrected chi connectivity index (χ1v) is 8.68. The molecule has 0 aromatic heterocycles. The minimum absolute atomic E-state index is 0.00133. The number of hydrogen-bond donors (Lipinski definition) is 1. The zero-order valence-corrected chi connectivity index (χ0v) is 14.0. The first-order valence-electron chi connectivity index (χ1n) is 8.68. The van der Waals surface area contributed by atoms with Gasteiger partial charge in [0, 0.05) is 26.1 Å². The van der Waals surface area contributed by atoms with Gasteiger partial charge in [-0.3, -0.25) is 4.79 Å². The molecule has 1 aromatic rings. The average Bonchev–Trinajstić information content (AvgIpc) is 2.93. The smallest absolute Gasteiger partial charge is 0.317 e. The number of benzene rings is 1. The third kappa shape index (κ3) is 2.70. The lowest BCUT2D eigenvalue weighted by atomic mass is 9.98. The van der Waals surface area contributed by atoms with E-state index in [4.69, 9.17) is 4.74 Å². The molecular formula is C18H23N3O3. The molecule has 0 spiro atoms. The van der Waals surface area contributed by atoms with Crippen LogP contribution in [0.15, 0.2) is 18.2 Å². The average molecular weight is 329 g/mol. The number of aryl methyl sites for hydroxylation is 1. The predicted octanol–water partition coefficient (Wildman–Crippen LogP) is 1.31. The normalized spacial score (nSPS) is 23.5. The van der Waals surface area contributed by atoms with Gasteiger partial charge in [0.2, 0.25) is 5.91 Å². The summed E-state index contributed by atoms with van der Waals surface area (Å²) in [6, 6.07) is 6.19. The maximum absolute atomic E-state index is 12.4. The maximum atomic E-state index is 12.4. The third-order valence-corrected chi connectivity index (χ3v) is 5.29. The topological polar surface area (TPSA) is 61.9 Å². The number of hydrogen-bond acceptors (Lipinski definition) is 3. The van der Waals surface area contributed by atoms with Gasteiger partial charge in [-0.2, -0.15) is 0 Å². The Morgan fingerprint density at radius 3 is 2.92 bits per heavy atom. The van der Waals surface area contributed by atoms with E-state index in [1.165, 1.54) is 11.1 Å². The minimum Gasteiger partial charge on any atom is -0.491 e. The molecule has 2 fully saturated rings. The standard InChI is InChI=1S/C18H23N3O3/c1-12-4-2-5-16-15(12)8-13(11-24-16)19-18(23)20-9-14(10-20)21-7-3-6-17(21)22/h2,4-5,13-14H,3,6-11H2,1H3,(H,19,23). The Kier molecular flexibility index (Phi) is 3.82. The van der Waals surface area contributed by atoms with Crippen molar-refractivity contribution in [3.8, 4) is 5.75 Å². The number of nitrogens with zero attached hydrogens (tertiary/aromatic N) is 2. The second-order valence-electron chi connectivity index (χ2n) is 6.96. The Morgan fingerprint density at radius 1 is 1.33 bits per heavy atom. The highest BCUT2D eigenvalue weighted by Gasteiger charge is 2.39. The molecule has 0 radical (unpaired) electrons. The number of carbonyl (C=O) groups excluding carboxylic acids is 2. The molecule has 3 aliphatic heterocycles. The van der Waals surface area contributed by atoms with E-state index in [1.54, 1.807) is 4.90 Å². The first-order chi connectivity index (χ1) is 11.6. The molecule has 6 nitrogen and oxygen atoms in total. The lowest BCUT2D eigenvalue weighted by molar-refractivity contribution is -0.132. The van der Waals surface area contributed by atoms with E-state index in [2.05, 4.69) is 18.3 Å². The summed E-state index contributed by atoms with van der Waals surface area (Å²) >= 11 is 0. The number of likely N-dealkylation sites (tertiary alicyclic amines) is 2. The lowest BCUT2D eigenvalue weighted by Gasteiger charge is -2.44. The van der Waals surface area contributed by atoms with E-state index in [-0.39, 0.29) is 24.0 Å². The molecule has 3 aliphatic rings. The Hall–Kier alpha value is -2.24. The summed E-state index contributed by atoms with van der Waals surface area (Å²) in [6.45, 7) is 4.69. The Labute approximate surface area is 141 Å². The number of ether oxygens (including phenoxy) is 1. The molecule has 2 saturated heterocycles. The van der Waals surface area contributed by atoms with Gasteiger partial charge in [-0.1, -0.05) is 12.1 Å². The highest BCUT2D eigenvalue weighted by Crippen LogP contribution is 2.27. The summed E-state index contributed by atoms with van der Waals surface area (Å²) in [6.07, 6.45) is 2.40. The van der Waals surface area contributed by atoms with E-state index in [1.807, 2.05) is 17.0 Å². The van der Waals surface area contributed by atoms with E-state index >= 15 is 0 Å². The summed E-state index contributed by atoms with van der Waals surface area (Å²) in [7, 11) is 0. The van der Waals surface area contributed by atoms with Crippen LogP contribution >= 0.6 is 0 Å². The van der Waals surface area contributed by atoms with Crippen molar-refractivity contribution in [2.24, 2.45) is 0 Å². The summed E-state index contributed by atoms with van der Waals surface area (Å²) in [4.78, 5) is 27.8. The van der Waals surface area contributed by atoms with Crippen LogP contribution < -0.4 is 10.1 Å². The fourth-order valence-corrected chi connectivity index (χ4v) is 3.80. The number of rotatable bonds is 2. The quantitative estimate of drug-likeness (QED) is 0.890. The number of fused-ring (bicyclic) bond motifs is 1. The molecule has 0 saturated carbocycles. The lowest BCUT2D eigenvalue weighted by Crippen LogP contribution is -2.64. The first kappa shape index (κ1) is 15.3. The van der Waals surface area contributed by atoms with Crippen molar-refractivity contribution in [3.05, 3.63) is 29.3 Å². The Balaban J connectivity index is 1.30. The number of carbonyl (C=O) groups is 2. The molecule has 1 unspecified atom stereocenters. The third-order valence-electron chi connectivity index (χ3n) is 5.29. The van der Waals surface area contributed by atoms with E-state index < -0.39 is 0 Å². The van der Waals surface area contributed by atoms with Gasteiger partial charge < -0.3 is 19.9 Å². The Morgan fingerprint density at radius 2 is 2.17 bits per heavy atom. The zero-order chi connectivity index (χ0) is 16.7. The van der Waals surface area contributed by atoms with Crippen LogP contribution in [0.1, 0.15) is 24.0 Å². The van der Waals surface area contributed by atoms with Crippen molar-refractivity contribution >= 4 is 11.9 Å². The van der Waals surface area contributed by atoms with Gasteiger partial charge in [0.15, 0.2) is 0 Å². The van der Waals surface area contributed by atoms with Crippen LogP contribution in [0.2, 0.25) is 0 Å². The van der Waals surface area contributed by atoms with Crippen molar-refractivity contribution in [2.75, 3.05) is 26.2 Å². The highest BCUT2D eigenvalue weighted by atomic mass is 16.5. The van der Waals surface area contributed by atoms with Gasteiger partial charge in [-0.05, 0) is 37.0 Å². The van der Waals surface area contributed by atoms with Gasteiger partial charge in [0.25, 0.3) is 0 Å². The molecular weight excluding hydrogens is 306 g/mol. The molecule has 0 aliphatic carbocycles. The van der Waals surface area contributed by atoms with Crippen LogP contribution in [0, 0.1) is 6.92 Å². The fraction of sp³-hybridized carbons (Fsp3) is 0.556. The fourth-order valence-electron chi connectivity index (χ4n) is 3.80. The van der Waals surface area contributed by atoms with Crippen LogP contribution in [-0.4, -0.2) is 60.1 Å². The van der Waals surface area contributed by atoms with Crippen molar-refractivity contribution in [3.63, 3.8) is 0 Å². The van der Waals surface area contributed by atoms with Crippen LogP contribution in [0.3, 0.4) is 0 Å². The predicted molar refractivity (Wildman–Crippen MR) is 89.0 cm³/mol.